The summed E-state index contributed by atoms with van der Waals surface area (Å²) in [5, 5.41) is 3.33. The number of ketones is 1. The fourth-order valence-electron chi connectivity index (χ4n) is 2.49. The molecular formula is C18H16OS. The average Bonchev–Trinajstić information content (AvgIpc) is 2.82. The third-order valence-electron chi connectivity index (χ3n) is 3.43. The summed E-state index contributed by atoms with van der Waals surface area (Å²) in [6.07, 6.45) is 1.05. The lowest BCUT2D eigenvalue weighted by molar-refractivity contribution is -0.117. The molecule has 0 radical (unpaired) electrons. The van der Waals surface area contributed by atoms with Crippen molar-refractivity contribution in [3.63, 3.8) is 0 Å². The molecule has 0 aliphatic rings. The SMILES string of the molecule is Cc1cccc(CC(=O)Cc2csc3ccccc23)c1. The first kappa shape index (κ1) is 13.1. The lowest BCUT2D eigenvalue weighted by Crippen LogP contribution is -2.06. The maximum absolute atomic E-state index is 12.2. The van der Waals surface area contributed by atoms with E-state index in [1.807, 2.05) is 24.3 Å². The van der Waals surface area contributed by atoms with E-state index < -0.39 is 0 Å². The van der Waals surface area contributed by atoms with E-state index in [1.165, 1.54) is 15.6 Å². The van der Waals surface area contributed by atoms with Crippen molar-refractivity contribution < 1.29 is 4.79 Å². The Bertz CT molecular complexity index is 755. The van der Waals surface area contributed by atoms with Crippen LogP contribution in [0, 0.1) is 6.92 Å². The minimum absolute atomic E-state index is 0.277. The van der Waals surface area contributed by atoms with E-state index in [1.54, 1.807) is 11.3 Å². The standard InChI is InChI=1S/C18H16OS/c1-13-5-4-6-14(9-13)10-16(19)11-15-12-20-18-8-3-2-7-17(15)18/h2-9,12H,10-11H2,1H3. The zero-order chi connectivity index (χ0) is 13.9. The van der Waals surface area contributed by atoms with E-state index in [9.17, 15) is 4.79 Å². The van der Waals surface area contributed by atoms with Crippen LogP contribution in [0.5, 0.6) is 0 Å². The van der Waals surface area contributed by atoms with Crippen molar-refractivity contribution in [3.05, 3.63) is 70.6 Å². The zero-order valence-electron chi connectivity index (χ0n) is 11.4. The van der Waals surface area contributed by atoms with Crippen molar-refractivity contribution in [2.45, 2.75) is 19.8 Å². The summed E-state index contributed by atoms with van der Waals surface area (Å²) in [6.45, 7) is 2.06. The van der Waals surface area contributed by atoms with Gasteiger partial charge in [0.05, 0.1) is 0 Å². The van der Waals surface area contributed by atoms with Crippen molar-refractivity contribution in [2.75, 3.05) is 0 Å². The topological polar surface area (TPSA) is 17.1 Å². The van der Waals surface area contributed by atoms with Crippen LogP contribution in [0.4, 0.5) is 0 Å². The van der Waals surface area contributed by atoms with Crippen molar-refractivity contribution in [3.8, 4) is 0 Å². The molecule has 1 nitrogen and oxygen atoms in total. The van der Waals surface area contributed by atoms with Gasteiger partial charge in [0.1, 0.15) is 5.78 Å². The maximum Gasteiger partial charge on any atom is 0.141 e. The molecule has 0 N–H and O–H groups in total. The third kappa shape index (κ3) is 2.81. The molecule has 1 heterocycles. The second kappa shape index (κ2) is 5.59. The predicted octanol–water partition coefficient (Wildman–Crippen LogP) is 4.56. The van der Waals surface area contributed by atoms with Gasteiger partial charge in [0.15, 0.2) is 0 Å². The van der Waals surface area contributed by atoms with Crippen LogP contribution >= 0.6 is 11.3 Å². The molecule has 20 heavy (non-hydrogen) atoms. The van der Waals surface area contributed by atoms with Crippen molar-refractivity contribution in [1.82, 2.24) is 0 Å². The van der Waals surface area contributed by atoms with Gasteiger partial charge in [-0.3, -0.25) is 4.79 Å². The molecule has 0 spiro atoms. The summed E-state index contributed by atoms with van der Waals surface area (Å²) in [4.78, 5) is 12.2. The maximum atomic E-state index is 12.2. The summed E-state index contributed by atoms with van der Waals surface area (Å²) < 4.78 is 1.26. The second-order valence-electron chi connectivity index (χ2n) is 5.14. The lowest BCUT2D eigenvalue weighted by Gasteiger charge is -2.02. The van der Waals surface area contributed by atoms with Crippen LogP contribution in [0.1, 0.15) is 16.7 Å². The Morgan fingerprint density at radius 1 is 1.05 bits per heavy atom. The Labute approximate surface area is 122 Å². The molecule has 1 aromatic heterocycles. The van der Waals surface area contributed by atoms with Crippen LogP contribution in [0.3, 0.4) is 0 Å². The molecule has 0 fully saturated rings. The molecule has 0 aliphatic heterocycles. The van der Waals surface area contributed by atoms with E-state index in [0.29, 0.717) is 12.8 Å². The number of fused-ring (bicyclic) bond motifs is 1. The zero-order valence-corrected chi connectivity index (χ0v) is 12.2. The first-order valence-electron chi connectivity index (χ1n) is 6.75. The number of Topliss-reactive ketones (excluding diaryl/α,β-unsaturated/α-hetero) is 1. The van der Waals surface area contributed by atoms with Gasteiger partial charge in [-0.05, 0) is 34.9 Å². The fraction of sp³-hybridized carbons (Fsp3) is 0.167. The molecule has 0 aliphatic carbocycles. The molecule has 0 unspecified atom stereocenters. The van der Waals surface area contributed by atoms with Gasteiger partial charge in [-0.1, -0.05) is 48.0 Å². The van der Waals surface area contributed by atoms with Gasteiger partial charge in [-0.15, -0.1) is 11.3 Å². The number of aryl methyl sites for hydroxylation is 1. The van der Waals surface area contributed by atoms with Gasteiger partial charge in [0.2, 0.25) is 0 Å². The molecule has 2 heteroatoms. The summed E-state index contributed by atoms with van der Waals surface area (Å²) in [5.41, 5.74) is 3.47. The van der Waals surface area contributed by atoms with E-state index in [-0.39, 0.29) is 5.78 Å². The minimum atomic E-state index is 0.277. The van der Waals surface area contributed by atoms with Gasteiger partial charge in [-0.2, -0.15) is 0 Å². The number of hydrogen-bond donors (Lipinski definition) is 0. The summed E-state index contributed by atoms with van der Waals surface area (Å²) in [6, 6.07) is 16.5. The molecule has 0 saturated heterocycles. The quantitative estimate of drug-likeness (QED) is 0.684. The third-order valence-corrected chi connectivity index (χ3v) is 4.44. The number of carbonyl (C=O) groups is 1. The van der Waals surface area contributed by atoms with Gasteiger partial charge in [0.25, 0.3) is 0 Å². The van der Waals surface area contributed by atoms with Crippen LogP contribution in [0.2, 0.25) is 0 Å². The Balaban J connectivity index is 1.76. The van der Waals surface area contributed by atoms with Crippen LogP contribution < -0.4 is 0 Å². The average molecular weight is 280 g/mol. The second-order valence-corrected chi connectivity index (χ2v) is 6.05. The number of benzene rings is 2. The van der Waals surface area contributed by atoms with Crippen LogP contribution in [0.25, 0.3) is 10.1 Å². The fourth-order valence-corrected chi connectivity index (χ4v) is 3.46. The molecule has 100 valence electrons. The molecule has 0 saturated carbocycles. The molecular weight excluding hydrogens is 264 g/mol. The number of rotatable bonds is 4. The number of hydrogen-bond acceptors (Lipinski definition) is 2. The predicted molar refractivity (Wildman–Crippen MR) is 85.4 cm³/mol. The van der Waals surface area contributed by atoms with E-state index >= 15 is 0 Å². The molecule has 3 rings (SSSR count). The van der Waals surface area contributed by atoms with Gasteiger partial charge in [-0.25, -0.2) is 0 Å². The van der Waals surface area contributed by atoms with Gasteiger partial charge < -0.3 is 0 Å². The first-order valence-corrected chi connectivity index (χ1v) is 7.63. The molecule has 2 aromatic carbocycles. The van der Waals surface area contributed by atoms with Crippen LogP contribution in [0.15, 0.2) is 53.9 Å². The van der Waals surface area contributed by atoms with Crippen molar-refractivity contribution in [1.29, 1.82) is 0 Å². The lowest BCUT2D eigenvalue weighted by atomic mass is 10.0. The van der Waals surface area contributed by atoms with Crippen molar-refractivity contribution >= 4 is 27.2 Å². The summed E-state index contributed by atoms with van der Waals surface area (Å²) in [5.74, 6) is 0.277. The van der Waals surface area contributed by atoms with Crippen LogP contribution in [-0.2, 0) is 17.6 Å². The normalized spacial score (nSPS) is 10.8. The molecule has 0 amide bonds. The van der Waals surface area contributed by atoms with Gasteiger partial charge >= 0.3 is 0 Å². The summed E-state index contributed by atoms with van der Waals surface area (Å²) in [7, 11) is 0. The Kier molecular flexibility index (Phi) is 3.66. The van der Waals surface area contributed by atoms with Crippen LogP contribution in [-0.4, -0.2) is 5.78 Å². The largest absolute Gasteiger partial charge is 0.299 e. The highest BCUT2D eigenvalue weighted by molar-refractivity contribution is 7.17. The van der Waals surface area contributed by atoms with E-state index in [4.69, 9.17) is 0 Å². The highest BCUT2D eigenvalue weighted by Gasteiger charge is 2.09. The van der Waals surface area contributed by atoms with E-state index in [2.05, 4.69) is 36.6 Å². The van der Waals surface area contributed by atoms with E-state index in [0.717, 1.165) is 11.1 Å². The number of carbonyl (C=O) groups excluding carboxylic acids is 1. The smallest absolute Gasteiger partial charge is 0.141 e. The number of thiophene rings is 1. The van der Waals surface area contributed by atoms with Crippen molar-refractivity contribution in [2.24, 2.45) is 0 Å². The Morgan fingerprint density at radius 3 is 2.75 bits per heavy atom. The Morgan fingerprint density at radius 2 is 1.90 bits per heavy atom. The minimum Gasteiger partial charge on any atom is -0.299 e. The molecule has 3 aromatic rings. The molecule has 0 bridgehead atoms. The monoisotopic (exact) mass is 280 g/mol. The highest BCUT2D eigenvalue weighted by Crippen LogP contribution is 2.26. The van der Waals surface area contributed by atoms with Gasteiger partial charge in [0, 0.05) is 17.5 Å². The molecule has 0 atom stereocenters. The summed E-state index contributed by atoms with van der Waals surface area (Å²) >= 11 is 1.71. The Hall–Kier alpha value is -1.93. The first-order chi connectivity index (χ1) is 9.72. The highest BCUT2D eigenvalue weighted by atomic mass is 32.1.